The van der Waals surface area contributed by atoms with Crippen molar-refractivity contribution in [2.24, 2.45) is 0 Å². The molecule has 2 aromatic rings. The SMILES string of the molecule is C/C=C/c1ccc(/C=C/B(C)c2c(C(C)C)cc(C(C)C)cc2C(C)C)cc1. The van der Waals surface area contributed by atoms with E-state index in [4.69, 9.17) is 0 Å². The van der Waals surface area contributed by atoms with Crippen LogP contribution in [0.3, 0.4) is 0 Å². The lowest BCUT2D eigenvalue weighted by Crippen LogP contribution is -2.33. The molecule has 28 heavy (non-hydrogen) atoms. The summed E-state index contributed by atoms with van der Waals surface area (Å²) in [6.07, 6.45) is 6.49. The predicted octanol–water partition coefficient (Wildman–Crippen LogP) is 7.67. The largest absolute Gasteiger partial charge is 0.198 e. The molecular formula is C27H37B. The van der Waals surface area contributed by atoms with Gasteiger partial charge in [-0.15, -0.1) is 5.98 Å². The minimum Gasteiger partial charge on any atom is -0.110 e. The second-order valence-electron chi connectivity index (χ2n) is 8.89. The van der Waals surface area contributed by atoms with E-state index in [1.54, 1.807) is 0 Å². The molecule has 0 nitrogen and oxygen atoms in total. The zero-order valence-electron chi connectivity index (χ0n) is 19.1. The van der Waals surface area contributed by atoms with E-state index in [0.717, 1.165) is 0 Å². The Morgan fingerprint density at radius 1 is 0.714 bits per heavy atom. The average molecular weight is 372 g/mol. The van der Waals surface area contributed by atoms with Gasteiger partial charge >= 0.3 is 0 Å². The van der Waals surface area contributed by atoms with Crippen LogP contribution in [0.5, 0.6) is 0 Å². The highest BCUT2D eigenvalue weighted by molar-refractivity contribution is 6.78. The second-order valence-corrected chi connectivity index (χ2v) is 8.89. The van der Waals surface area contributed by atoms with Gasteiger partial charge in [0, 0.05) is 0 Å². The molecule has 0 saturated carbocycles. The zero-order chi connectivity index (χ0) is 20.8. The summed E-state index contributed by atoms with van der Waals surface area (Å²) >= 11 is 0. The van der Waals surface area contributed by atoms with E-state index in [0.29, 0.717) is 24.5 Å². The molecule has 0 bridgehead atoms. The Balaban J connectivity index is 2.43. The molecule has 0 N–H and O–H groups in total. The number of rotatable bonds is 7. The van der Waals surface area contributed by atoms with Gasteiger partial charge in [-0.2, -0.15) is 0 Å². The maximum Gasteiger partial charge on any atom is 0.198 e. The van der Waals surface area contributed by atoms with Crippen molar-refractivity contribution in [3.8, 4) is 0 Å². The van der Waals surface area contributed by atoms with Crippen LogP contribution in [-0.4, -0.2) is 6.71 Å². The van der Waals surface area contributed by atoms with Crippen LogP contribution in [0.15, 0.2) is 48.4 Å². The molecule has 0 aliphatic carbocycles. The van der Waals surface area contributed by atoms with E-state index < -0.39 is 0 Å². The minimum absolute atomic E-state index is 0.395. The minimum atomic E-state index is 0.395. The number of allylic oxidation sites excluding steroid dienone is 1. The van der Waals surface area contributed by atoms with Crippen LogP contribution in [0.1, 0.15) is 94.0 Å². The average Bonchev–Trinajstić information content (AvgIpc) is 2.66. The monoisotopic (exact) mass is 372 g/mol. The first-order valence-electron chi connectivity index (χ1n) is 10.8. The highest BCUT2D eigenvalue weighted by atomic mass is 14.2. The van der Waals surface area contributed by atoms with Crippen LogP contribution in [0.25, 0.3) is 12.2 Å². The molecule has 2 aromatic carbocycles. The summed E-state index contributed by atoms with van der Waals surface area (Å²) < 4.78 is 0. The molecule has 0 aliphatic heterocycles. The van der Waals surface area contributed by atoms with Crippen LogP contribution >= 0.6 is 0 Å². The summed E-state index contributed by atoms with van der Waals surface area (Å²) in [5.74, 6) is 3.99. The Morgan fingerprint density at radius 3 is 1.57 bits per heavy atom. The van der Waals surface area contributed by atoms with Crippen LogP contribution in [0, 0.1) is 0 Å². The quantitative estimate of drug-likeness (QED) is 0.437. The Hall–Kier alpha value is -2.02. The third kappa shape index (κ3) is 5.50. The smallest absolute Gasteiger partial charge is 0.110 e. The van der Waals surface area contributed by atoms with Gasteiger partial charge in [0.25, 0.3) is 0 Å². The summed E-state index contributed by atoms with van der Waals surface area (Å²) in [4.78, 5) is 0. The fraction of sp³-hybridized carbons (Fsp3) is 0.407. The van der Waals surface area contributed by atoms with Gasteiger partial charge in [0.15, 0.2) is 6.71 Å². The number of hydrogen-bond acceptors (Lipinski definition) is 0. The van der Waals surface area contributed by atoms with Crippen molar-refractivity contribution in [2.75, 3.05) is 0 Å². The Morgan fingerprint density at radius 2 is 1.18 bits per heavy atom. The molecule has 0 atom stereocenters. The molecule has 0 amide bonds. The van der Waals surface area contributed by atoms with Crippen molar-refractivity contribution in [2.45, 2.75) is 73.0 Å². The fourth-order valence-corrected chi connectivity index (χ4v) is 3.80. The van der Waals surface area contributed by atoms with E-state index in [1.807, 2.05) is 0 Å². The highest BCUT2D eigenvalue weighted by Crippen LogP contribution is 2.26. The van der Waals surface area contributed by atoms with Crippen molar-refractivity contribution in [3.05, 3.63) is 76.3 Å². The maximum absolute atomic E-state index is 2.45. The van der Waals surface area contributed by atoms with Gasteiger partial charge in [0.1, 0.15) is 0 Å². The summed E-state index contributed by atoms with van der Waals surface area (Å²) in [7, 11) is 0. The summed E-state index contributed by atoms with van der Waals surface area (Å²) in [5.41, 5.74) is 8.52. The topological polar surface area (TPSA) is 0 Å². The first-order valence-corrected chi connectivity index (χ1v) is 10.8. The molecule has 0 heterocycles. The molecule has 0 radical (unpaired) electrons. The van der Waals surface area contributed by atoms with Crippen molar-refractivity contribution in [1.82, 2.24) is 0 Å². The van der Waals surface area contributed by atoms with Gasteiger partial charge < -0.3 is 0 Å². The van der Waals surface area contributed by atoms with Crippen molar-refractivity contribution >= 4 is 24.3 Å². The molecule has 0 spiro atoms. The van der Waals surface area contributed by atoms with Gasteiger partial charge in [0.2, 0.25) is 0 Å². The van der Waals surface area contributed by atoms with Crippen LogP contribution in [-0.2, 0) is 0 Å². The van der Waals surface area contributed by atoms with Gasteiger partial charge in [-0.05, 0) is 41.4 Å². The van der Waals surface area contributed by atoms with Gasteiger partial charge in [-0.25, -0.2) is 0 Å². The van der Waals surface area contributed by atoms with E-state index in [2.05, 4.69) is 116 Å². The maximum atomic E-state index is 2.45. The van der Waals surface area contributed by atoms with Crippen molar-refractivity contribution in [1.29, 1.82) is 0 Å². The normalized spacial score (nSPS) is 12.2. The first-order chi connectivity index (χ1) is 13.2. The summed E-state index contributed by atoms with van der Waals surface area (Å²) in [6.45, 7) is 18.7. The lowest BCUT2D eigenvalue weighted by Gasteiger charge is -2.24. The Kier molecular flexibility index (Phi) is 7.93. The summed E-state index contributed by atoms with van der Waals surface area (Å²) in [6, 6.07) is 13.7. The molecular weight excluding hydrogens is 335 g/mol. The Bertz CT molecular complexity index is 791. The molecule has 0 unspecified atom stereocenters. The van der Waals surface area contributed by atoms with E-state index in [9.17, 15) is 0 Å². The predicted molar refractivity (Wildman–Crippen MR) is 130 cm³/mol. The van der Waals surface area contributed by atoms with Crippen LogP contribution in [0.4, 0.5) is 0 Å². The third-order valence-electron chi connectivity index (χ3n) is 5.51. The highest BCUT2D eigenvalue weighted by Gasteiger charge is 2.21. The molecule has 148 valence electrons. The number of benzene rings is 2. The number of hydrogen-bond donors (Lipinski definition) is 0. The van der Waals surface area contributed by atoms with Crippen molar-refractivity contribution in [3.63, 3.8) is 0 Å². The zero-order valence-corrected chi connectivity index (χ0v) is 19.1. The molecule has 2 rings (SSSR count). The van der Waals surface area contributed by atoms with Crippen molar-refractivity contribution < 1.29 is 0 Å². The third-order valence-corrected chi connectivity index (χ3v) is 5.51. The Labute approximate surface area is 173 Å². The molecule has 0 saturated heterocycles. The second kappa shape index (κ2) is 9.96. The van der Waals surface area contributed by atoms with E-state index >= 15 is 0 Å². The lowest BCUT2D eigenvalue weighted by molar-refractivity contribution is 0.812. The van der Waals surface area contributed by atoms with Gasteiger partial charge in [-0.3, -0.25) is 0 Å². The van der Waals surface area contributed by atoms with Gasteiger partial charge in [0.05, 0.1) is 0 Å². The molecule has 0 aliphatic rings. The van der Waals surface area contributed by atoms with E-state index in [-0.39, 0.29) is 0 Å². The molecule has 1 heteroatoms. The van der Waals surface area contributed by atoms with Crippen LogP contribution in [0.2, 0.25) is 6.82 Å². The van der Waals surface area contributed by atoms with Crippen LogP contribution < -0.4 is 5.46 Å². The van der Waals surface area contributed by atoms with Gasteiger partial charge in [-0.1, -0.05) is 120 Å². The molecule has 0 fully saturated rings. The molecule has 0 aromatic heterocycles. The fourth-order valence-electron chi connectivity index (χ4n) is 3.80. The first kappa shape index (κ1) is 22.3. The van der Waals surface area contributed by atoms with E-state index in [1.165, 1.54) is 33.3 Å². The standard InChI is InChI=1S/C27H37B/c1-9-10-22-11-13-23(14-12-22)15-16-28(8)27-25(20(4)5)17-24(19(2)3)18-26(27)21(6)7/h9-21H,1-8H3/b10-9+,16-15+. The lowest BCUT2D eigenvalue weighted by atomic mass is 9.44. The summed E-state index contributed by atoms with van der Waals surface area (Å²) in [5, 5.41) is 0.